The molecule has 1 aromatic heterocycles. The molecule has 0 unspecified atom stereocenters. The predicted molar refractivity (Wildman–Crippen MR) is 133 cm³/mol. The van der Waals surface area contributed by atoms with Gasteiger partial charge < -0.3 is 28.7 Å². The average Bonchev–Trinajstić information content (AvgIpc) is 2.91. The highest BCUT2D eigenvalue weighted by atomic mass is 16.5. The number of benzene rings is 2. The first-order valence-corrected chi connectivity index (χ1v) is 11.4. The minimum atomic E-state index is -0.0536. The Kier molecular flexibility index (Phi) is 7.54. The Morgan fingerprint density at radius 3 is 2.14 bits per heavy atom. The van der Waals surface area contributed by atoms with Gasteiger partial charge in [-0.3, -0.25) is 4.79 Å². The van der Waals surface area contributed by atoms with Gasteiger partial charge in [0.1, 0.15) is 0 Å². The Bertz CT molecular complexity index is 1160. The summed E-state index contributed by atoms with van der Waals surface area (Å²) in [4.78, 5) is 16.6. The summed E-state index contributed by atoms with van der Waals surface area (Å²) in [6.45, 7) is 4.47. The lowest BCUT2D eigenvalue weighted by Crippen LogP contribution is -2.50. The van der Waals surface area contributed by atoms with Crippen molar-refractivity contribution in [3.63, 3.8) is 0 Å². The first-order chi connectivity index (χ1) is 17.0. The van der Waals surface area contributed by atoms with Crippen LogP contribution < -0.4 is 23.8 Å². The Balaban J connectivity index is 1.32. The van der Waals surface area contributed by atoms with Crippen molar-refractivity contribution in [2.45, 2.75) is 6.92 Å². The topological polar surface area (TPSA) is 86.3 Å². The zero-order chi connectivity index (χ0) is 24.8. The van der Waals surface area contributed by atoms with Crippen molar-refractivity contribution in [1.29, 1.82) is 0 Å². The highest BCUT2D eigenvalue weighted by Gasteiger charge is 2.23. The molecule has 184 valence electrons. The van der Waals surface area contributed by atoms with Gasteiger partial charge in [0.25, 0.3) is 5.91 Å². The number of piperazine rings is 1. The average molecular weight is 479 g/mol. The molecular weight excluding hydrogens is 448 g/mol. The number of amides is 1. The summed E-state index contributed by atoms with van der Waals surface area (Å²) in [5.74, 6) is 3.22. The number of hydrogen-bond donors (Lipinski definition) is 0. The van der Waals surface area contributed by atoms with Gasteiger partial charge in [0.15, 0.2) is 35.4 Å². The Morgan fingerprint density at radius 1 is 0.800 bits per heavy atom. The normalized spacial score (nSPS) is 13.4. The van der Waals surface area contributed by atoms with Crippen molar-refractivity contribution < 1.29 is 23.7 Å². The Morgan fingerprint density at radius 2 is 1.49 bits per heavy atom. The van der Waals surface area contributed by atoms with Gasteiger partial charge in [-0.1, -0.05) is 6.07 Å². The number of rotatable bonds is 8. The van der Waals surface area contributed by atoms with Crippen LogP contribution in [-0.4, -0.2) is 75.1 Å². The van der Waals surface area contributed by atoms with Gasteiger partial charge in [-0.25, -0.2) is 0 Å². The summed E-state index contributed by atoms with van der Waals surface area (Å²) in [5.41, 5.74) is 2.70. The molecule has 1 amide bonds. The van der Waals surface area contributed by atoms with Gasteiger partial charge >= 0.3 is 0 Å². The number of carbonyl (C=O) groups excluding carboxylic acids is 1. The van der Waals surface area contributed by atoms with Gasteiger partial charge in [-0.05, 0) is 55.0 Å². The molecular formula is C26H30N4O5. The molecule has 9 nitrogen and oxygen atoms in total. The predicted octanol–water partition coefficient (Wildman–Crippen LogP) is 3.21. The Hall–Kier alpha value is -4.01. The molecule has 4 rings (SSSR count). The first-order valence-electron chi connectivity index (χ1n) is 11.4. The molecule has 0 aliphatic carbocycles. The van der Waals surface area contributed by atoms with Crippen LogP contribution in [0.3, 0.4) is 0 Å². The number of nitrogens with zero attached hydrogens (tertiary/aromatic N) is 4. The molecule has 0 N–H and O–H groups in total. The number of methoxy groups -OCH3 is 3. The monoisotopic (exact) mass is 478 g/mol. The van der Waals surface area contributed by atoms with Gasteiger partial charge in [0, 0.05) is 31.7 Å². The summed E-state index contributed by atoms with van der Waals surface area (Å²) < 4.78 is 21.7. The summed E-state index contributed by atoms with van der Waals surface area (Å²) in [6, 6.07) is 15.2. The molecule has 35 heavy (non-hydrogen) atoms. The van der Waals surface area contributed by atoms with Crippen LogP contribution in [0.15, 0.2) is 48.5 Å². The van der Waals surface area contributed by atoms with Crippen LogP contribution in [0.25, 0.3) is 11.3 Å². The molecule has 1 aliphatic heterocycles. The molecule has 0 spiro atoms. The number of aromatic nitrogens is 2. The van der Waals surface area contributed by atoms with Crippen LogP contribution in [0, 0.1) is 6.92 Å². The lowest BCUT2D eigenvalue weighted by Gasteiger charge is -2.35. The molecule has 2 heterocycles. The summed E-state index contributed by atoms with van der Waals surface area (Å²) >= 11 is 0. The number of aryl methyl sites for hydroxylation is 1. The summed E-state index contributed by atoms with van der Waals surface area (Å²) in [6.07, 6.45) is 0. The number of anilines is 1. The van der Waals surface area contributed by atoms with Crippen LogP contribution in [-0.2, 0) is 4.79 Å². The van der Waals surface area contributed by atoms with E-state index >= 15 is 0 Å². The second-order valence-electron chi connectivity index (χ2n) is 8.16. The van der Waals surface area contributed by atoms with E-state index in [1.807, 2.05) is 60.4 Å². The molecule has 3 aromatic rings. The van der Waals surface area contributed by atoms with E-state index in [1.165, 1.54) is 0 Å². The van der Waals surface area contributed by atoms with Crippen molar-refractivity contribution >= 4 is 11.7 Å². The maximum absolute atomic E-state index is 12.7. The highest BCUT2D eigenvalue weighted by Crippen LogP contribution is 2.32. The number of ether oxygens (including phenoxy) is 4. The summed E-state index contributed by atoms with van der Waals surface area (Å²) in [7, 11) is 4.80. The van der Waals surface area contributed by atoms with Gasteiger partial charge in [0.2, 0.25) is 0 Å². The van der Waals surface area contributed by atoms with Crippen molar-refractivity contribution in [3.8, 4) is 34.3 Å². The highest BCUT2D eigenvalue weighted by molar-refractivity contribution is 5.78. The van der Waals surface area contributed by atoms with Crippen molar-refractivity contribution in [3.05, 3.63) is 54.1 Å². The molecule has 0 saturated carbocycles. The Labute approximate surface area is 205 Å². The summed E-state index contributed by atoms with van der Waals surface area (Å²) in [5, 5.41) is 8.80. The molecule has 1 saturated heterocycles. The van der Waals surface area contributed by atoms with Crippen molar-refractivity contribution in [1.82, 2.24) is 15.1 Å². The third-order valence-corrected chi connectivity index (χ3v) is 5.96. The van der Waals surface area contributed by atoms with E-state index < -0.39 is 0 Å². The third kappa shape index (κ3) is 5.56. The zero-order valence-corrected chi connectivity index (χ0v) is 20.5. The SMILES string of the molecule is COc1ccc(-c2ccc(N3CCN(C(=O)COc4ccc(C)cc4OC)CC3)nn2)cc1OC. The van der Waals surface area contributed by atoms with Crippen molar-refractivity contribution in [2.24, 2.45) is 0 Å². The van der Waals surface area contributed by atoms with E-state index in [2.05, 4.69) is 15.1 Å². The standard InChI is InChI=1S/C26H30N4O5/c1-18-5-8-22(23(15-18)33-3)35-17-26(31)30-13-11-29(12-14-30)25-10-7-20(27-28-25)19-6-9-21(32-2)24(16-19)34-4/h5-10,15-16H,11-14,17H2,1-4H3. The van der Waals surface area contributed by atoms with E-state index in [0.29, 0.717) is 49.2 Å². The van der Waals surface area contributed by atoms with Crippen LogP contribution >= 0.6 is 0 Å². The molecule has 9 heteroatoms. The largest absolute Gasteiger partial charge is 0.493 e. The lowest BCUT2D eigenvalue weighted by atomic mass is 10.1. The van der Waals surface area contributed by atoms with Crippen LogP contribution in [0.1, 0.15) is 5.56 Å². The molecule has 1 aliphatic rings. The molecule has 0 atom stereocenters. The van der Waals surface area contributed by atoms with Crippen molar-refractivity contribution in [2.75, 3.05) is 59.0 Å². The number of carbonyl (C=O) groups is 1. The zero-order valence-electron chi connectivity index (χ0n) is 20.5. The molecule has 1 fully saturated rings. The molecule has 0 bridgehead atoms. The fourth-order valence-corrected chi connectivity index (χ4v) is 3.95. The van der Waals surface area contributed by atoms with E-state index in [4.69, 9.17) is 18.9 Å². The second kappa shape index (κ2) is 10.9. The van der Waals surface area contributed by atoms with E-state index in [-0.39, 0.29) is 12.5 Å². The fraction of sp³-hybridized carbons (Fsp3) is 0.346. The smallest absolute Gasteiger partial charge is 0.260 e. The van der Waals surface area contributed by atoms with E-state index in [0.717, 1.165) is 22.6 Å². The molecule has 2 aromatic carbocycles. The minimum absolute atomic E-state index is 0.0285. The lowest BCUT2D eigenvalue weighted by molar-refractivity contribution is -0.133. The first kappa shape index (κ1) is 24.1. The number of hydrogen-bond acceptors (Lipinski definition) is 8. The maximum atomic E-state index is 12.7. The fourth-order valence-electron chi connectivity index (χ4n) is 3.95. The van der Waals surface area contributed by atoms with E-state index in [9.17, 15) is 4.79 Å². The molecule has 0 radical (unpaired) electrons. The maximum Gasteiger partial charge on any atom is 0.260 e. The van der Waals surface area contributed by atoms with Gasteiger partial charge in [-0.2, -0.15) is 0 Å². The van der Waals surface area contributed by atoms with Gasteiger partial charge in [-0.15, -0.1) is 10.2 Å². The van der Waals surface area contributed by atoms with Crippen LogP contribution in [0.2, 0.25) is 0 Å². The third-order valence-electron chi connectivity index (χ3n) is 5.96. The van der Waals surface area contributed by atoms with E-state index in [1.54, 1.807) is 21.3 Å². The van der Waals surface area contributed by atoms with Crippen LogP contribution in [0.4, 0.5) is 5.82 Å². The van der Waals surface area contributed by atoms with Crippen LogP contribution in [0.5, 0.6) is 23.0 Å². The second-order valence-corrected chi connectivity index (χ2v) is 8.16. The minimum Gasteiger partial charge on any atom is -0.493 e. The quantitative estimate of drug-likeness (QED) is 0.488. The van der Waals surface area contributed by atoms with Gasteiger partial charge in [0.05, 0.1) is 27.0 Å².